The average molecular weight is 548 g/mol. The first-order chi connectivity index (χ1) is 18.2. The SMILES string of the molecule is COC1=C(OC)CC2CC=[n+]3c(CC4CCCCC4)c4cc(OC)c(OC)cc4cc3=C2C1.O=S(=O)([O-])[O-].[H+]. The van der Waals surface area contributed by atoms with Crippen molar-refractivity contribution in [2.75, 3.05) is 28.4 Å². The van der Waals surface area contributed by atoms with Crippen molar-refractivity contribution in [2.24, 2.45) is 11.8 Å². The number of hydrogen-bond acceptors (Lipinski definition) is 8. The molecule has 1 aromatic heterocycles. The summed E-state index contributed by atoms with van der Waals surface area (Å²) in [5.41, 5.74) is 2.86. The molecule has 1 unspecified atom stereocenters. The Balaban J connectivity index is 0.000000644. The van der Waals surface area contributed by atoms with Crippen LogP contribution in [0.25, 0.3) is 16.3 Å². The summed E-state index contributed by atoms with van der Waals surface area (Å²) in [6.45, 7) is 0. The molecule has 3 aliphatic rings. The molecule has 1 aromatic carbocycles. The van der Waals surface area contributed by atoms with E-state index in [0.29, 0.717) is 5.92 Å². The van der Waals surface area contributed by atoms with E-state index in [2.05, 4.69) is 28.7 Å². The number of fused-ring (bicyclic) bond motifs is 3. The highest BCUT2D eigenvalue weighted by atomic mass is 32.3. The maximum atomic E-state index is 8.52. The fourth-order valence-corrected chi connectivity index (χ4v) is 6.10. The van der Waals surface area contributed by atoms with Gasteiger partial charge in [-0.3, -0.25) is 8.42 Å². The number of benzene rings is 1. The molecule has 2 aromatic rings. The van der Waals surface area contributed by atoms with Crippen LogP contribution in [-0.4, -0.2) is 46.0 Å². The third kappa shape index (κ3) is 6.24. The van der Waals surface area contributed by atoms with Gasteiger partial charge in [0.2, 0.25) is 5.35 Å². The number of aromatic nitrogens is 1. The predicted molar refractivity (Wildman–Crippen MR) is 140 cm³/mol. The Morgan fingerprint density at radius 2 is 1.55 bits per heavy atom. The Hall–Kier alpha value is -2.82. The van der Waals surface area contributed by atoms with Gasteiger partial charge in [-0.25, -0.2) is 0 Å². The maximum Gasteiger partial charge on any atom is 1.00 e. The number of allylic oxidation sites excluding steroid dienone is 2. The first-order valence-corrected chi connectivity index (χ1v) is 14.3. The number of ether oxygens (including phenoxy) is 4. The van der Waals surface area contributed by atoms with E-state index in [1.807, 2.05) is 0 Å². The van der Waals surface area contributed by atoms with Crippen molar-refractivity contribution in [3.8, 4) is 11.5 Å². The molecule has 1 saturated carbocycles. The lowest BCUT2D eigenvalue weighted by Crippen LogP contribution is -2.47. The summed E-state index contributed by atoms with van der Waals surface area (Å²) in [5, 5.41) is 3.79. The van der Waals surface area contributed by atoms with Crippen LogP contribution in [0.3, 0.4) is 0 Å². The largest absolute Gasteiger partial charge is 1.00 e. The molecule has 0 amide bonds. The fraction of sp³-hybridized carbons (Fsp3) is 0.536. The monoisotopic (exact) mass is 547 g/mol. The highest BCUT2D eigenvalue weighted by Gasteiger charge is 2.33. The van der Waals surface area contributed by atoms with Crippen LogP contribution in [0.4, 0.5) is 0 Å². The third-order valence-electron chi connectivity index (χ3n) is 7.90. The molecular weight excluding hydrogens is 510 g/mol. The van der Waals surface area contributed by atoms with Gasteiger partial charge in [-0.1, -0.05) is 19.3 Å². The zero-order chi connectivity index (χ0) is 27.4. The van der Waals surface area contributed by atoms with Gasteiger partial charge in [0.15, 0.2) is 23.4 Å². The number of pyridine rings is 1. The normalized spacial score (nSPS) is 19.5. The molecule has 5 rings (SSSR count). The van der Waals surface area contributed by atoms with Gasteiger partial charge in [-0.15, -0.1) is 0 Å². The van der Waals surface area contributed by atoms with Gasteiger partial charge < -0.3 is 28.1 Å². The standard InChI is InChI=1S/C28H36NO4.H2O4S/c1-30-25-14-19-10-11-29-23(12-18-8-6-5-7-9-18)22-17-28(33-4)26(31-2)15-20(22)13-24(29)21(19)16-27(25)32-3;1-5(2,3)4/h11,13,15,17-19H,5-10,12,14,16H2,1-4H3;(H2,1,2,3,4)/q+1;/p-1. The molecule has 0 radical (unpaired) electrons. The zero-order valence-corrected chi connectivity index (χ0v) is 23.3. The first kappa shape index (κ1) is 28.2. The molecule has 1 fully saturated rings. The summed E-state index contributed by atoms with van der Waals surface area (Å²) in [6.07, 6.45) is 13.0. The van der Waals surface area contributed by atoms with Crippen molar-refractivity contribution in [3.05, 3.63) is 47.0 Å². The van der Waals surface area contributed by atoms with E-state index < -0.39 is 10.4 Å². The molecule has 9 nitrogen and oxygen atoms in total. The minimum atomic E-state index is -5.17. The number of nitrogens with zero attached hydrogens (tertiary/aromatic N) is 1. The Labute approximate surface area is 225 Å². The molecular formula is C28H37NO8S. The van der Waals surface area contributed by atoms with Crippen molar-refractivity contribution in [1.82, 2.24) is 0 Å². The van der Waals surface area contributed by atoms with Gasteiger partial charge in [0.05, 0.1) is 33.8 Å². The topological polar surface area (TPSA) is 123 Å². The molecule has 0 spiro atoms. The van der Waals surface area contributed by atoms with Gasteiger partial charge >= 0.3 is 1.43 Å². The summed E-state index contributed by atoms with van der Waals surface area (Å²) < 4.78 is 59.3. The second-order valence-electron chi connectivity index (χ2n) is 10.0. The molecule has 2 aliphatic carbocycles. The van der Waals surface area contributed by atoms with Crippen LogP contribution in [0, 0.1) is 18.1 Å². The molecule has 38 heavy (non-hydrogen) atoms. The highest BCUT2D eigenvalue weighted by Crippen LogP contribution is 2.39. The van der Waals surface area contributed by atoms with Crippen LogP contribution >= 0.6 is 0 Å². The van der Waals surface area contributed by atoms with Gasteiger partial charge in [-0.05, 0) is 36.3 Å². The van der Waals surface area contributed by atoms with E-state index in [0.717, 1.165) is 54.6 Å². The van der Waals surface area contributed by atoms with Crippen molar-refractivity contribution in [2.45, 2.75) is 57.8 Å². The van der Waals surface area contributed by atoms with Crippen LogP contribution in [0.5, 0.6) is 11.5 Å². The number of hydrogen-bond donors (Lipinski definition) is 0. The minimum absolute atomic E-state index is 0. The lowest BCUT2D eigenvalue weighted by atomic mass is 9.82. The van der Waals surface area contributed by atoms with Crippen molar-refractivity contribution in [3.63, 3.8) is 0 Å². The lowest BCUT2D eigenvalue weighted by Gasteiger charge is -2.27. The summed E-state index contributed by atoms with van der Waals surface area (Å²) >= 11 is 0. The second kappa shape index (κ2) is 11.9. The summed E-state index contributed by atoms with van der Waals surface area (Å²) in [7, 11) is 1.77. The predicted octanol–water partition coefficient (Wildman–Crippen LogP) is 3.52. The fourth-order valence-electron chi connectivity index (χ4n) is 6.10. The first-order valence-electron chi connectivity index (χ1n) is 13.0. The Bertz CT molecular complexity index is 1440. The molecule has 0 saturated heterocycles. The smallest absolute Gasteiger partial charge is 0.759 e. The van der Waals surface area contributed by atoms with Crippen molar-refractivity contribution in [1.29, 1.82) is 0 Å². The number of methoxy groups -OCH3 is 4. The van der Waals surface area contributed by atoms with Crippen molar-refractivity contribution >= 4 is 26.7 Å². The summed E-state index contributed by atoms with van der Waals surface area (Å²) in [4.78, 5) is 0. The molecule has 208 valence electrons. The Morgan fingerprint density at radius 3 is 2.16 bits per heavy atom. The molecule has 0 N–H and O–H groups in total. The molecule has 1 atom stereocenters. The maximum absolute atomic E-state index is 8.52. The van der Waals surface area contributed by atoms with E-state index in [-0.39, 0.29) is 1.43 Å². The van der Waals surface area contributed by atoms with E-state index >= 15 is 0 Å². The highest BCUT2D eigenvalue weighted by molar-refractivity contribution is 7.79. The second-order valence-corrected chi connectivity index (χ2v) is 10.8. The van der Waals surface area contributed by atoms with E-state index in [1.165, 1.54) is 59.5 Å². The van der Waals surface area contributed by atoms with Crippen LogP contribution in [-0.2, 0) is 26.3 Å². The van der Waals surface area contributed by atoms with E-state index in [4.69, 9.17) is 36.5 Å². The molecule has 2 heterocycles. The van der Waals surface area contributed by atoms with Gasteiger partial charge in [-0.2, -0.15) is 4.24 Å². The third-order valence-corrected chi connectivity index (χ3v) is 7.90. The molecule has 10 heteroatoms. The zero-order valence-electron chi connectivity index (χ0n) is 23.4. The van der Waals surface area contributed by atoms with Gasteiger partial charge in [0.25, 0.3) is 0 Å². The van der Waals surface area contributed by atoms with Crippen LogP contribution < -0.4 is 19.1 Å². The lowest BCUT2D eigenvalue weighted by molar-refractivity contribution is -0.537. The van der Waals surface area contributed by atoms with E-state index in [1.54, 1.807) is 28.4 Å². The molecule has 0 bridgehead atoms. The van der Waals surface area contributed by atoms with Crippen LogP contribution in [0.2, 0.25) is 0 Å². The van der Waals surface area contributed by atoms with E-state index in [9.17, 15) is 0 Å². The number of rotatable bonds is 6. The van der Waals surface area contributed by atoms with Crippen LogP contribution in [0.1, 0.15) is 58.5 Å². The Morgan fingerprint density at radius 1 is 0.921 bits per heavy atom. The summed E-state index contributed by atoms with van der Waals surface area (Å²) in [5.74, 6) is 4.72. The minimum Gasteiger partial charge on any atom is -0.759 e. The quantitative estimate of drug-likeness (QED) is 0.306. The average Bonchev–Trinajstić information content (AvgIpc) is 2.90. The van der Waals surface area contributed by atoms with Gasteiger partial charge in [0.1, 0.15) is 11.5 Å². The summed E-state index contributed by atoms with van der Waals surface area (Å²) in [6, 6.07) is 6.65. The van der Waals surface area contributed by atoms with Gasteiger partial charge in [0, 0.05) is 53.6 Å². The van der Waals surface area contributed by atoms with Crippen molar-refractivity contribution < 1.29 is 42.1 Å². The van der Waals surface area contributed by atoms with Crippen LogP contribution in [0.15, 0.2) is 29.7 Å². The Kier molecular flexibility index (Phi) is 8.85. The molecule has 1 aliphatic heterocycles.